The Kier molecular flexibility index (Phi) is 8.33. The van der Waals surface area contributed by atoms with E-state index in [0.717, 1.165) is 55.9 Å². The summed E-state index contributed by atoms with van der Waals surface area (Å²) in [6.45, 7) is 40.2. The van der Waals surface area contributed by atoms with Crippen molar-refractivity contribution in [1.29, 1.82) is 0 Å². The molecule has 4 aromatic carbocycles. The fraction of sp³-hybridized carbons (Fsp3) is 0.475. The van der Waals surface area contributed by atoms with E-state index in [0.29, 0.717) is 33.7 Å². The summed E-state index contributed by atoms with van der Waals surface area (Å²) in [4.78, 5) is 10.1. The minimum absolute atomic E-state index is 0.00435. The standard InChI is InChI=1S/C59H74BN3S/c1-53(2,3)35-21-25-47-41(31-35)50-51(64-47)60-44-24-20-36(54(4,5)6)32-45(44)63(40-29-37(55(7,8)9)28-38(30-40)56(10,11)12)52-49(60)46(34-48(61-52)57(13,14)15)62(50)39-22-23-42-43(33-39)59(18,19)27-26-58(42,16)17/h20-25,28-34H,26-27H2,1-19H3/i20D,24D,28D,29D,30D,32D. The number of rotatable bonds is 2. The van der Waals surface area contributed by atoms with Crippen molar-refractivity contribution >= 4 is 78.1 Å². The van der Waals surface area contributed by atoms with Crippen LogP contribution >= 0.6 is 11.3 Å². The van der Waals surface area contributed by atoms with E-state index in [2.05, 4.69) is 117 Å². The minimum atomic E-state index is -0.702. The highest BCUT2D eigenvalue weighted by atomic mass is 32.1. The maximum absolute atomic E-state index is 10.5. The molecule has 0 fully saturated rings. The van der Waals surface area contributed by atoms with Crippen molar-refractivity contribution in [3.63, 3.8) is 0 Å². The first-order valence-corrected chi connectivity index (χ1v) is 24.4. The van der Waals surface area contributed by atoms with E-state index >= 15 is 0 Å². The number of thiophene rings is 1. The molecular formula is C59H74BN3S. The monoisotopic (exact) mass is 874 g/mol. The molecule has 2 aliphatic heterocycles. The maximum atomic E-state index is 10.5. The summed E-state index contributed by atoms with van der Waals surface area (Å²) in [6, 6.07) is 16.6. The van der Waals surface area contributed by atoms with Crippen LogP contribution in [0.4, 0.5) is 34.3 Å². The molecule has 0 amide bonds. The first-order chi connectivity index (χ1) is 31.9. The van der Waals surface area contributed by atoms with Crippen LogP contribution in [0.15, 0.2) is 78.7 Å². The third kappa shape index (κ3) is 7.26. The van der Waals surface area contributed by atoms with Crippen LogP contribution in [-0.4, -0.2) is 11.7 Å². The Hall–Kier alpha value is -4.35. The van der Waals surface area contributed by atoms with Crippen LogP contribution in [0, 0.1) is 0 Å². The summed E-state index contributed by atoms with van der Waals surface area (Å²) >= 11 is 1.71. The van der Waals surface area contributed by atoms with Crippen molar-refractivity contribution in [3.8, 4) is 0 Å². The van der Waals surface area contributed by atoms with Crippen LogP contribution in [0.2, 0.25) is 0 Å². The third-order valence-electron chi connectivity index (χ3n) is 14.2. The molecule has 4 heterocycles. The molecule has 0 unspecified atom stereocenters. The average Bonchev–Trinajstić information content (AvgIpc) is 3.58. The van der Waals surface area contributed by atoms with Crippen LogP contribution in [0.1, 0.15) is 192 Å². The summed E-state index contributed by atoms with van der Waals surface area (Å²) in [5.41, 5.74) is 8.43. The molecule has 0 radical (unpaired) electrons. The Morgan fingerprint density at radius 1 is 0.578 bits per heavy atom. The molecule has 9 rings (SSSR count). The highest BCUT2D eigenvalue weighted by molar-refractivity contribution is 7.33. The largest absolute Gasteiger partial charge is 0.310 e. The lowest BCUT2D eigenvalue weighted by Gasteiger charge is -2.45. The van der Waals surface area contributed by atoms with Gasteiger partial charge in [-0.15, -0.1) is 11.3 Å². The number of hydrogen-bond donors (Lipinski definition) is 0. The second-order valence-corrected chi connectivity index (χ2v) is 26.7. The van der Waals surface area contributed by atoms with E-state index in [4.69, 9.17) is 4.98 Å². The molecule has 3 nitrogen and oxygen atoms in total. The predicted molar refractivity (Wildman–Crippen MR) is 282 cm³/mol. The topological polar surface area (TPSA) is 19.4 Å². The van der Waals surface area contributed by atoms with E-state index in [1.165, 1.54) is 16.7 Å². The number of aromatic nitrogens is 1. The molecule has 0 bridgehead atoms. The molecule has 0 saturated heterocycles. The molecule has 334 valence electrons. The summed E-state index contributed by atoms with van der Waals surface area (Å²) < 4.78 is 63.1. The molecule has 0 saturated carbocycles. The Labute approximate surface area is 399 Å². The van der Waals surface area contributed by atoms with Crippen LogP contribution in [0.5, 0.6) is 0 Å². The molecule has 0 atom stereocenters. The zero-order chi connectivity index (χ0) is 51.9. The van der Waals surface area contributed by atoms with Gasteiger partial charge < -0.3 is 4.90 Å². The second kappa shape index (κ2) is 14.1. The van der Waals surface area contributed by atoms with Gasteiger partial charge in [0.2, 0.25) is 0 Å². The predicted octanol–water partition coefficient (Wildman–Crippen LogP) is 15.2. The molecule has 64 heavy (non-hydrogen) atoms. The fourth-order valence-corrected chi connectivity index (χ4v) is 11.1. The van der Waals surface area contributed by atoms with Gasteiger partial charge in [0.15, 0.2) is 0 Å². The van der Waals surface area contributed by atoms with Crippen LogP contribution in [0.25, 0.3) is 10.1 Å². The van der Waals surface area contributed by atoms with Gasteiger partial charge >= 0.3 is 0 Å². The van der Waals surface area contributed by atoms with Crippen molar-refractivity contribution in [2.75, 3.05) is 9.80 Å². The van der Waals surface area contributed by atoms with E-state index in [-0.39, 0.29) is 58.2 Å². The number of pyridine rings is 1. The maximum Gasteiger partial charge on any atom is 0.266 e. The van der Waals surface area contributed by atoms with Crippen molar-refractivity contribution in [3.05, 3.63) is 118 Å². The lowest BCUT2D eigenvalue weighted by atomic mass is 9.36. The van der Waals surface area contributed by atoms with Crippen LogP contribution < -0.4 is 25.5 Å². The molecule has 3 aliphatic rings. The highest BCUT2D eigenvalue weighted by Gasteiger charge is 2.48. The number of fused-ring (bicyclic) bond motifs is 7. The second-order valence-electron chi connectivity index (χ2n) is 25.6. The van der Waals surface area contributed by atoms with Gasteiger partial charge in [0.1, 0.15) is 5.82 Å². The lowest BCUT2D eigenvalue weighted by Crippen LogP contribution is -2.61. The molecule has 0 spiro atoms. The Balaban J connectivity index is 1.55. The van der Waals surface area contributed by atoms with E-state index in [9.17, 15) is 8.22 Å². The highest BCUT2D eigenvalue weighted by Crippen LogP contribution is 2.52. The fourth-order valence-electron chi connectivity index (χ4n) is 9.86. The molecule has 2 aromatic heterocycles. The minimum Gasteiger partial charge on any atom is -0.310 e. The summed E-state index contributed by atoms with van der Waals surface area (Å²) in [6.07, 6.45) is 2.16. The quantitative estimate of drug-likeness (QED) is 0.161. The first-order valence-electron chi connectivity index (χ1n) is 26.6. The normalized spacial score (nSPS) is 18.3. The van der Waals surface area contributed by atoms with Gasteiger partial charge in [-0.3, -0.25) is 4.90 Å². The summed E-state index contributed by atoms with van der Waals surface area (Å²) in [5.74, 6) is 0.521. The third-order valence-corrected chi connectivity index (χ3v) is 15.4. The average molecular weight is 874 g/mol. The zero-order valence-electron chi connectivity index (χ0n) is 48.3. The van der Waals surface area contributed by atoms with Crippen LogP contribution in [-0.2, 0) is 37.9 Å². The van der Waals surface area contributed by atoms with E-state index < -0.39 is 28.4 Å². The molecule has 0 N–H and O–H groups in total. The molecule has 5 heteroatoms. The van der Waals surface area contributed by atoms with Crippen molar-refractivity contribution in [1.82, 2.24) is 4.98 Å². The SMILES string of the molecule is [2H]c1c([2H])c(C(C)(C)C)c([2H])c2c1B1c3sc4ccc(C(C)(C)C)cc4c3N(c3ccc4c(c3)C(C)(C)CCC4(C)C)c3cc(C(C)(C)C)nc(c31)N2c1c([2H])c(C(C)(C)C)c([2H])c(C(C)(C)C)c1[2H]. The van der Waals surface area contributed by atoms with E-state index in [1.54, 1.807) is 11.3 Å². The van der Waals surface area contributed by atoms with Crippen molar-refractivity contribution in [2.45, 2.75) is 182 Å². The van der Waals surface area contributed by atoms with Crippen molar-refractivity contribution < 1.29 is 8.22 Å². The number of nitrogens with zero attached hydrogens (tertiary/aromatic N) is 3. The number of benzene rings is 4. The van der Waals surface area contributed by atoms with Gasteiger partial charge in [-0.25, -0.2) is 4.98 Å². The van der Waals surface area contributed by atoms with Crippen molar-refractivity contribution in [2.24, 2.45) is 0 Å². The molecule has 1 aliphatic carbocycles. The van der Waals surface area contributed by atoms with Gasteiger partial charge in [0, 0.05) is 43.0 Å². The first kappa shape index (κ1) is 37.8. The number of anilines is 6. The van der Waals surface area contributed by atoms with Gasteiger partial charge in [-0.1, -0.05) is 162 Å². The zero-order valence-corrected chi connectivity index (χ0v) is 43.1. The lowest BCUT2D eigenvalue weighted by molar-refractivity contribution is 0.332. The van der Waals surface area contributed by atoms with Crippen LogP contribution in [0.3, 0.4) is 0 Å². The summed E-state index contributed by atoms with van der Waals surface area (Å²) in [7, 11) is 0. The van der Waals surface area contributed by atoms with Gasteiger partial charge in [-0.2, -0.15) is 0 Å². The summed E-state index contributed by atoms with van der Waals surface area (Å²) in [5, 5.41) is 1.11. The van der Waals surface area contributed by atoms with Gasteiger partial charge in [0.05, 0.1) is 19.6 Å². The smallest absolute Gasteiger partial charge is 0.266 e. The van der Waals surface area contributed by atoms with Gasteiger partial charge in [-0.05, 0) is 138 Å². The number of hydrogen-bond acceptors (Lipinski definition) is 4. The molecular weight excluding hydrogens is 794 g/mol. The Morgan fingerprint density at radius 3 is 1.75 bits per heavy atom. The Bertz CT molecular complexity index is 3180. The van der Waals surface area contributed by atoms with Gasteiger partial charge in [0.25, 0.3) is 6.71 Å². The van der Waals surface area contributed by atoms with E-state index in [1.807, 2.05) is 67.2 Å². The molecule has 6 aromatic rings. The Morgan fingerprint density at radius 2 is 1.17 bits per heavy atom.